The van der Waals surface area contributed by atoms with Crippen LogP contribution >= 0.6 is 11.8 Å². The minimum absolute atomic E-state index is 0.0677. The van der Waals surface area contributed by atoms with E-state index < -0.39 is 0 Å². The van der Waals surface area contributed by atoms with E-state index in [1.807, 2.05) is 11.8 Å². The third kappa shape index (κ3) is 3.60. The summed E-state index contributed by atoms with van der Waals surface area (Å²) in [4.78, 5) is 0. The highest BCUT2D eigenvalue weighted by atomic mass is 32.2. The van der Waals surface area contributed by atoms with E-state index in [2.05, 4.69) is 6.92 Å². The van der Waals surface area contributed by atoms with Gasteiger partial charge < -0.3 is 14.6 Å². The molecule has 2 aliphatic rings. The Morgan fingerprint density at radius 2 is 2.35 bits per heavy atom. The van der Waals surface area contributed by atoms with Crippen molar-refractivity contribution in [2.45, 2.75) is 44.3 Å². The van der Waals surface area contributed by atoms with Crippen LogP contribution in [-0.2, 0) is 9.47 Å². The van der Waals surface area contributed by atoms with E-state index in [4.69, 9.17) is 9.47 Å². The average molecular weight is 260 g/mol. The van der Waals surface area contributed by atoms with Crippen molar-refractivity contribution in [3.8, 4) is 0 Å². The predicted molar refractivity (Wildman–Crippen MR) is 70.5 cm³/mol. The zero-order chi connectivity index (χ0) is 12.1. The van der Waals surface area contributed by atoms with Crippen molar-refractivity contribution in [3.05, 3.63) is 0 Å². The van der Waals surface area contributed by atoms with Crippen molar-refractivity contribution in [1.29, 1.82) is 0 Å². The molecule has 2 saturated heterocycles. The number of aliphatic hydroxyl groups is 1. The van der Waals surface area contributed by atoms with E-state index in [1.165, 1.54) is 0 Å². The second kappa shape index (κ2) is 6.41. The summed E-state index contributed by atoms with van der Waals surface area (Å²) in [6.07, 6.45) is 3.74. The van der Waals surface area contributed by atoms with Gasteiger partial charge >= 0.3 is 0 Å². The van der Waals surface area contributed by atoms with Crippen LogP contribution in [-0.4, -0.2) is 48.1 Å². The molecule has 4 heteroatoms. The van der Waals surface area contributed by atoms with E-state index in [-0.39, 0.29) is 11.7 Å². The minimum Gasteiger partial charge on any atom is -0.393 e. The summed E-state index contributed by atoms with van der Waals surface area (Å²) in [5, 5.41) is 10.2. The molecule has 0 aromatic heterocycles. The van der Waals surface area contributed by atoms with Gasteiger partial charge in [-0.2, -0.15) is 11.8 Å². The molecular formula is C13H24O3S. The second-order valence-corrected chi connectivity index (χ2v) is 6.53. The second-order valence-electron chi connectivity index (χ2n) is 5.14. The van der Waals surface area contributed by atoms with Gasteiger partial charge in [0.25, 0.3) is 0 Å². The highest BCUT2D eigenvalue weighted by molar-refractivity contribution is 7.99. The summed E-state index contributed by atoms with van der Waals surface area (Å²) < 4.78 is 11.3. The molecule has 17 heavy (non-hydrogen) atoms. The molecule has 3 atom stereocenters. The van der Waals surface area contributed by atoms with Crippen LogP contribution in [0.15, 0.2) is 0 Å². The van der Waals surface area contributed by atoms with Gasteiger partial charge in [0.1, 0.15) is 0 Å². The van der Waals surface area contributed by atoms with Gasteiger partial charge in [-0.15, -0.1) is 0 Å². The molecule has 1 spiro atoms. The molecule has 0 radical (unpaired) electrons. The lowest BCUT2D eigenvalue weighted by atomic mass is 9.81. The van der Waals surface area contributed by atoms with Gasteiger partial charge in [0, 0.05) is 19.6 Å². The fourth-order valence-corrected chi connectivity index (χ4v) is 3.54. The van der Waals surface area contributed by atoms with Crippen molar-refractivity contribution >= 4 is 11.8 Å². The first-order valence-electron chi connectivity index (χ1n) is 6.73. The van der Waals surface area contributed by atoms with Gasteiger partial charge in [-0.1, -0.05) is 6.92 Å². The Hall–Kier alpha value is 0.230. The molecule has 2 heterocycles. The highest BCUT2D eigenvalue weighted by Gasteiger charge is 2.42. The van der Waals surface area contributed by atoms with Crippen LogP contribution in [0.25, 0.3) is 0 Å². The van der Waals surface area contributed by atoms with Gasteiger partial charge in [-0.05, 0) is 36.7 Å². The summed E-state index contributed by atoms with van der Waals surface area (Å²) in [5.74, 6) is 2.61. The first kappa shape index (κ1) is 13.7. The predicted octanol–water partition coefficient (Wildman–Crippen LogP) is 2.08. The van der Waals surface area contributed by atoms with Gasteiger partial charge in [0.15, 0.2) is 0 Å². The Morgan fingerprint density at radius 1 is 1.47 bits per heavy atom. The third-order valence-electron chi connectivity index (χ3n) is 3.90. The van der Waals surface area contributed by atoms with Crippen LogP contribution < -0.4 is 0 Å². The number of hydrogen-bond acceptors (Lipinski definition) is 4. The molecule has 0 aromatic carbocycles. The summed E-state index contributed by atoms with van der Waals surface area (Å²) >= 11 is 1.91. The Balaban J connectivity index is 1.79. The topological polar surface area (TPSA) is 38.7 Å². The van der Waals surface area contributed by atoms with E-state index in [0.717, 1.165) is 57.0 Å². The average Bonchev–Trinajstić information content (AvgIpc) is 2.77. The summed E-state index contributed by atoms with van der Waals surface area (Å²) in [7, 11) is 0. The molecule has 1 N–H and O–H groups in total. The van der Waals surface area contributed by atoms with Crippen molar-refractivity contribution in [2.24, 2.45) is 5.92 Å². The molecule has 3 nitrogen and oxygen atoms in total. The van der Waals surface area contributed by atoms with Crippen molar-refractivity contribution in [1.82, 2.24) is 0 Å². The molecule has 2 fully saturated rings. The fourth-order valence-electron chi connectivity index (χ4n) is 2.84. The van der Waals surface area contributed by atoms with Gasteiger partial charge in [0.2, 0.25) is 0 Å². The first-order valence-corrected chi connectivity index (χ1v) is 7.89. The largest absolute Gasteiger partial charge is 0.393 e. The Kier molecular flexibility index (Phi) is 5.15. The molecular weight excluding hydrogens is 236 g/mol. The maximum atomic E-state index is 10.2. The SMILES string of the molecule is CCSCCC(O)C1CCOC2(CCOC2)C1. The monoisotopic (exact) mass is 260 g/mol. The van der Waals surface area contributed by atoms with Crippen LogP contribution in [0.2, 0.25) is 0 Å². The van der Waals surface area contributed by atoms with Crippen LogP contribution in [0.4, 0.5) is 0 Å². The zero-order valence-electron chi connectivity index (χ0n) is 10.7. The molecule has 0 saturated carbocycles. The molecule has 0 bridgehead atoms. The van der Waals surface area contributed by atoms with Crippen molar-refractivity contribution in [2.75, 3.05) is 31.3 Å². The summed E-state index contributed by atoms with van der Waals surface area (Å²) in [5.41, 5.74) is -0.0677. The Labute approximate surface area is 108 Å². The number of aliphatic hydroxyl groups excluding tert-OH is 1. The quantitative estimate of drug-likeness (QED) is 0.768. The van der Waals surface area contributed by atoms with E-state index in [9.17, 15) is 5.11 Å². The van der Waals surface area contributed by atoms with Gasteiger partial charge in [-0.3, -0.25) is 0 Å². The maximum Gasteiger partial charge on any atom is 0.0940 e. The maximum absolute atomic E-state index is 10.2. The Morgan fingerprint density at radius 3 is 3.06 bits per heavy atom. The lowest BCUT2D eigenvalue weighted by Crippen LogP contribution is -2.43. The normalized spacial score (nSPS) is 35.3. The van der Waals surface area contributed by atoms with Gasteiger partial charge in [0.05, 0.1) is 18.3 Å². The van der Waals surface area contributed by atoms with Gasteiger partial charge in [-0.25, -0.2) is 0 Å². The Bertz CT molecular complexity index is 229. The molecule has 100 valence electrons. The highest BCUT2D eigenvalue weighted by Crippen LogP contribution is 2.37. The van der Waals surface area contributed by atoms with E-state index in [1.54, 1.807) is 0 Å². The fraction of sp³-hybridized carbons (Fsp3) is 1.00. The first-order chi connectivity index (χ1) is 8.26. The molecule has 0 aromatic rings. The summed E-state index contributed by atoms with van der Waals surface area (Å²) in [6, 6.07) is 0. The van der Waals surface area contributed by atoms with Crippen LogP contribution in [0.1, 0.15) is 32.6 Å². The zero-order valence-corrected chi connectivity index (χ0v) is 11.5. The smallest absolute Gasteiger partial charge is 0.0940 e. The standard InChI is InChI=1S/C13H24O3S/c1-2-17-8-4-12(14)11-3-6-16-13(9-11)5-7-15-10-13/h11-12,14H,2-10H2,1H3. The van der Waals surface area contributed by atoms with Crippen molar-refractivity contribution < 1.29 is 14.6 Å². The lowest BCUT2D eigenvalue weighted by Gasteiger charge is -2.39. The number of hydrogen-bond donors (Lipinski definition) is 1. The van der Waals surface area contributed by atoms with Crippen LogP contribution in [0.3, 0.4) is 0 Å². The molecule has 2 rings (SSSR count). The van der Waals surface area contributed by atoms with Crippen molar-refractivity contribution in [3.63, 3.8) is 0 Å². The van der Waals surface area contributed by atoms with Crippen LogP contribution in [0, 0.1) is 5.92 Å². The lowest BCUT2D eigenvalue weighted by molar-refractivity contribution is -0.116. The molecule has 3 unspecified atom stereocenters. The number of thioether (sulfide) groups is 1. The minimum atomic E-state index is -0.157. The molecule has 0 aliphatic carbocycles. The van der Waals surface area contributed by atoms with E-state index in [0.29, 0.717) is 5.92 Å². The van der Waals surface area contributed by atoms with Crippen LogP contribution in [0.5, 0.6) is 0 Å². The number of ether oxygens (including phenoxy) is 2. The third-order valence-corrected chi connectivity index (χ3v) is 4.84. The molecule has 2 aliphatic heterocycles. The number of rotatable bonds is 5. The van der Waals surface area contributed by atoms with E-state index >= 15 is 0 Å². The molecule has 0 amide bonds. The summed E-state index contributed by atoms with van der Waals surface area (Å²) in [6.45, 7) is 4.48.